The smallest absolute Gasteiger partial charge is 0.411 e. The highest BCUT2D eigenvalue weighted by Gasteiger charge is 2.23. The first-order chi connectivity index (χ1) is 16.3. The molecule has 7 nitrogen and oxygen atoms in total. The van der Waals surface area contributed by atoms with Crippen LogP contribution < -0.4 is 10.1 Å². The van der Waals surface area contributed by atoms with Crippen LogP contribution in [-0.2, 0) is 4.74 Å². The van der Waals surface area contributed by atoms with E-state index in [0.717, 1.165) is 5.56 Å². The highest BCUT2D eigenvalue weighted by molar-refractivity contribution is 6.67. The van der Waals surface area contributed by atoms with Gasteiger partial charge in [0.15, 0.2) is 0 Å². The second-order valence-electron chi connectivity index (χ2n) is 8.38. The van der Waals surface area contributed by atoms with Gasteiger partial charge in [0.2, 0.25) is 9.67 Å². The number of nitrogens with zero attached hydrogens (tertiary/aromatic N) is 2. The topological polar surface area (TPSA) is 93.6 Å². The molecule has 0 radical (unpaired) electrons. The Balaban J connectivity index is 2.00. The highest BCUT2D eigenvalue weighted by Crippen LogP contribution is 2.34. The van der Waals surface area contributed by atoms with Crippen LogP contribution in [0.25, 0.3) is 22.4 Å². The Bertz CT molecular complexity index is 1200. The summed E-state index contributed by atoms with van der Waals surface area (Å²) in [5.74, 6) is -0.407. The Labute approximate surface area is 217 Å². The maximum Gasteiger partial charge on any atom is 0.411 e. The number of aryl methyl sites for hydroxylation is 1. The van der Waals surface area contributed by atoms with Gasteiger partial charge in [0.05, 0.1) is 17.0 Å². The number of ether oxygens (including phenoxy) is 2. The summed E-state index contributed by atoms with van der Waals surface area (Å²) >= 11 is 16.8. The monoisotopic (exact) mass is 541 g/mol. The van der Waals surface area contributed by atoms with E-state index in [4.69, 9.17) is 44.3 Å². The zero-order chi connectivity index (χ0) is 25.8. The van der Waals surface area contributed by atoms with Crippen molar-refractivity contribution in [2.24, 2.45) is 0 Å². The number of nitrogens with one attached hydrogen (secondary N) is 1. The molecule has 0 saturated heterocycles. The van der Waals surface area contributed by atoms with Crippen LogP contribution in [0.4, 0.5) is 14.9 Å². The molecule has 0 aliphatic carbocycles. The van der Waals surface area contributed by atoms with Crippen LogP contribution in [0.2, 0.25) is 0 Å². The SMILES string of the molecule is Cc1cc(F)c(NC(=O)OCC(Cl)(Cl)Cl)cc1-c1cc(OCC(C)(C)O)nc(-c2ccncc2)c1. The molecule has 2 heterocycles. The maximum absolute atomic E-state index is 14.6. The third-order valence-corrected chi connectivity index (χ3v) is 4.91. The normalized spacial score (nSPS) is 11.8. The summed E-state index contributed by atoms with van der Waals surface area (Å²) in [5, 5.41) is 12.4. The molecular weight excluding hydrogens is 520 g/mol. The van der Waals surface area contributed by atoms with Gasteiger partial charge in [-0.1, -0.05) is 34.8 Å². The summed E-state index contributed by atoms with van der Waals surface area (Å²) in [7, 11) is 0. The van der Waals surface area contributed by atoms with Crippen LogP contribution in [0.3, 0.4) is 0 Å². The van der Waals surface area contributed by atoms with Gasteiger partial charge in [0.25, 0.3) is 0 Å². The average Bonchev–Trinajstić information content (AvgIpc) is 2.77. The van der Waals surface area contributed by atoms with Gasteiger partial charge in [-0.3, -0.25) is 10.3 Å². The lowest BCUT2D eigenvalue weighted by atomic mass is 9.98. The first-order valence-corrected chi connectivity index (χ1v) is 11.5. The van der Waals surface area contributed by atoms with Gasteiger partial charge in [0.1, 0.15) is 19.0 Å². The summed E-state index contributed by atoms with van der Waals surface area (Å²) < 4.78 is 23.4. The molecule has 0 spiro atoms. The number of rotatable bonds is 7. The molecule has 0 unspecified atom stereocenters. The van der Waals surface area contributed by atoms with Crippen LogP contribution >= 0.6 is 34.8 Å². The minimum atomic E-state index is -1.80. The number of carbonyl (C=O) groups excluding carboxylic acids is 1. The van der Waals surface area contributed by atoms with E-state index >= 15 is 0 Å². The molecule has 0 saturated carbocycles. The summed E-state index contributed by atoms with van der Waals surface area (Å²) in [5.41, 5.74) is 2.01. The molecule has 2 aromatic heterocycles. The number of halogens is 4. The molecule has 0 atom stereocenters. The molecule has 0 aliphatic heterocycles. The summed E-state index contributed by atoms with van der Waals surface area (Å²) in [6.07, 6.45) is 2.29. The van der Waals surface area contributed by atoms with Gasteiger partial charge in [-0.2, -0.15) is 0 Å². The lowest BCUT2D eigenvalue weighted by molar-refractivity contribution is 0.0269. The Morgan fingerprint density at radius 2 is 1.77 bits per heavy atom. The second kappa shape index (κ2) is 11.0. The lowest BCUT2D eigenvalue weighted by Gasteiger charge is -2.19. The van der Waals surface area contributed by atoms with Gasteiger partial charge >= 0.3 is 6.09 Å². The van der Waals surface area contributed by atoms with Crippen molar-refractivity contribution in [1.82, 2.24) is 9.97 Å². The van der Waals surface area contributed by atoms with Crippen LogP contribution in [0.1, 0.15) is 19.4 Å². The number of benzene rings is 1. The number of aliphatic hydroxyl groups is 1. The van der Waals surface area contributed by atoms with E-state index < -0.39 is 27.9 Å². The Hall–Kier alpha value is -2.65. The van der Waals surface area contributed by atoms with E-state index in [2.05, 4.69) is 15.3 Å². The molecule has 1 aromatic carbocycles. The van der Waals surface area contributed by atoms with Gasteiger partial charge in [0, 0.05) is 24.0 Å². The summed E-state index contributed by atoms with van der Waals surface area (Å²) in [6, 6.07) is 9.80. The van der Waals surface area contributed by atoms with Crippen molar-refractivity contribution in [2.45, 2.75) is 30.2 Å². The number of amides is 1. The molecule has 35 heavy (non-hydrogen) atoms. The van der Waals surface area contributed by atoms with Gasteiger partial charge in [-0.15, -0.1) is 0 Å². The summed E-state index contributed by atoms with van der Waals surface area (Å²) in [4.78, 5) is 20.6. The number of hydrogen-bond acceptors (Lipinski definition) is 6. The van der Waals surface area contributed by atoms with E-state index in [1.54, 1.807) is 57.4 Å². The maximum atomic E-state index is 14.6. The quantitative estimate of drug-likeness (QED) is 0.339. The standard InChI is InChI=1S/C24H23Cl3FN3O4/c1-14-8-18(28)20(31-22(32)35-13-24(25,26)27)11-17(14)16-9-19(15-4-6-29-7-5-15)30-21(10-16)34-12-23(2,3)33/h4-11,33H,12-13H2,1-3H3,(H,31,32). The van der Waals surface area contributed by atoms with Crippen molar-refractivity contribution in [3.8, 4) is 28.3 Å². The van der Waals surface area contributed by atoms with E-state index in [1.807, 2.05) is 0 Å². The molecule has 186 valence electrons. The second-order valence-corrected chi connectivity index (χ2v) is 10.9. The number of aromatic nitrogens is 2. The Morgan fingerprint density at radius 3 is 2.40 bits per heavy atom. The highest BCUT2D eigenvalue weighted by atomic mass is 35.6. The largest absolute Gasteiger partial charge is 0.475 e. The fourth-order valence-electron chi connectivity index (χ4n) is 3.03. The number of pyridine rings is 2. The number of hydrogen-bond donors (Lipinski definition) is 2. The van der Waals surface area contributed by atoms with Gasteiger partial charge in [-0.25, -0.2) is 14.2 Å². The zero-order valence-electron chi connectivity index (χ0n) is 19.1. The molecule has 3 rings (SSSR count). The van der Waals surface area contributed by atoms with Gasteiger partial charge < -0.3 is 14.6 Å². The molecular formula is C24H23Cl3FN3O4. The van der Waals surface area contributed by atoms with E-state index in [0.29, 0.717) is 22.4 Å². The predicted octanol–water partition coefficient (Wildman–Crippen LogP) is 6.33. The molecule has 1 amide bonds. The van der Waals surface area contributed by atoms with Crippen LogP contribution in [0, 0.1) is 12.7 Å². The number of anilines is 1. The van der Waals surface area contributed by atoms with Crippen molar-refractivity contribution < 1.29 is 23.8 Å². The van der Waals surface area contributed by atoms with Crippen LogP contribution in [0.15, 0.2) is 48.8 Å². The summed E-state index contributed by atoms with van der Waals surface area (Å²) in [6.45, 7) is 4.46. The third-order valence-electron chi connectivity index (χ3n) is 4.58. The Morgan fingerprint density at radius 1 is 1.09 bits per heavy atom. The van der Waals surface area contributed by atoms with Crippen molar-refractivity contribution in [3.63, 3.8) is 0 Å². The number of carbonyl (C=O) groups is 1. The Kier molecular flexibility index (Phi) is 8.43. The van der Waals surface area contributed by atoms with Crippen molar-refractivity contribution in [3.05, 3.63) is 60.2 Å². The van der Waals surface area contributed by atoms with Crippen LogP contribution in [-0.4, -0.2) is 43.8 Å². The van der Waals surface area contributed by atoms with Crippen molar-refractivity contribution >= 4 is 46.6 Å². The third kappa shape index (κ3) is 8.21. The molecule has 2 N–H and O–H groups in total. The molecule has 0 fully saturated rings. The first kappa shape index (κ1) is 26.9. The van der Waals surface area contributed by atoms with E-state index in [1.165, 1.54) is 12.1 Å². The fraction of sp³-hybridized carbons (Fsp3) is 0.292. The minimum Gasteiger partial charge on any atom is -0.475 e. The zero-order valence-corrected chi connectivity index (χ0v) is 21.4. The lowest BCUT2D eigenvalue weighted by Crippen LogP contribution is -2.28. The number of alkyl halides is 3. The minimum absolute atomic E-state index is 0.00346. The van der Waals surface area contributed by atoms with Crippen LogP contribution in [0.5, 0.6) is 5.88 Å². The van der Waals surface area contributed by atoms with E-state index in [9.17, 15) is 14.3 Å². The predicted molar refractivity (Wildman–Crippen MR) is 135 cm³/mol. The van der Waals surface area contributed by atoms with Gasteiger partial charge in [-0.05, 0) is 67.8 Å². The van der Waals surface area contributed by atoms with Crippen molar-refractivity contribution in [2.75, 3.05) is 18.5 Å². The molecule has 0 aliphatic rings. The molecule has 0 bridgehead atoms. The molecule has 3 aromatic rings. The molecule has 11 heteroatoms. The van der Waals surface area contributed by atoms with E-state index in [-0.39, 0.29) is 18.2 Å². The average molecular weight is 543 g/mol. The first-order valence-electron chi connectivity index (χ1n) is 10.4. The van der Waals surface area contributed by atoms with Crippen molar-refractivity contribution in [1.29, 1.82) is 0 Å². The fourth-order valence-corrected chi connectivity index (χ4v) is 3.19.